The van der Waals surface area contributed by atoms with Crippen molar-refractivity contribution in [2.75, 3.05) is 24.1 Å². The van der Waals surface area contributed by atoms with Crippen LogP contribution in [0.3, 0.4) is 0 Å². The number of nitrogens with two attached hydrogens (primary N) is 1. The van der Waals surface area contributed by atoms with Crippen LogP contribution in [0.1, 0.15) is 20.3 Å². The summed E-state index contributed by atoms with van der Waals surface area (Å²) in [7, 11) is 0. The van der Waals surface area contributed by atoms with Gasteiger partial charge in [-0.05, 0) is 12.0 Å². The topological polar surface area (TPSA) is 67.2 Å². The SMILES string of the molecule is CC(C)CNC(=O)CCNc1cc(F)cc(F)c1N. The van der Waals surface area contributed by atoms with E-state index in [2.05, 4.69) is 10.6 Å². The molecule has 6 heteroatoms. The predicted octanol–water partition coefficient (Wildman–Crippen LogP) is 2.12. The lowest BCUT2D eigenvalue weighted by Crippen LogP contribution is -2.28. The van der Waals surface area contributed by atoms with Crippen molar-refractivity contribution in [1.82, 2.24) is 5.32 Å². The van der Waals surface area contributed by atoms with Crippen LogP contribution in [0, 0.1) is 17.6 Å². The van der Waals surface area contributed by atoms with Gasteiger partial charge in [0.15, 0.2) is 5.82 Å². The van der Waals surface area contributed by atoms with E-state index in [-0.39, 0.29) is 30.2 Å². The van der Waals surface area contributed by atoms with E-state index in [0.717, 1.165) is 12.1 Å². The van der Waals surface area contributed by atoms with Crippen LogP contribution in [0.15, 0.2) is 12.1 Å². The van der Waals surface area contributed by atoms with Crippen LogP contribution in [-0.2, 0) is 4.79 Å². The van der Waals surface area contributed by atoms with E-state index in [1.165, 1.54) is 0 Å². The standard InChI is InChI=1S/C13H19F2N3O/c1-8(2)7-18-12(19)3-4-17-11-6-9(14)5-10(15)13(11)16/h5-6,8,17H,3-4,7,16H2,1-2H3,(H,18,19). The molecule has 1 aromatic rings. The van der Waals surface area contributed by atoms with E-state index >= 15 is 0 Å². The van der Waals surface area contributed by atoms with Crippen LogP contribution in [-0.4, -0.2) is 19.0 Å². The van der Waals surface area contributed by atoms with Gasteiger partial charge >= 0.3 is 0 Å². The molecule has 0 heterocycles. The molecule has 4 nitrogen and oxygen atoms in total. The summed E-state index contributed by atoms with van der Waals surface area (Å²) in [5.41, 5.74) is 5.47. The molecular weight excluding hydrogens is 252 g/mol. The third-order valence-corrected chi connectivity index (χ3v) is 2.47. The summed E-state index contributed by atoms with van der Waals surface area (Å²) in [6.07, 6.45) is 0.213. The molecule has 0 spiro atoms. The highest BCUT2D eigenvalue weighted by atomic mass is 19.1. The number of halogens is 2. The number of carbonyl (C=O) groups excluding carboxylic acids is 1. The Kier molecular flexibility index (Phi) is 5.54. The van der Waals surface area contributed by atoms with Crippen LogP contribution in [0.25, 0.3) is 0 Å². The Balaban J connectivity index is 2.43. The minimum atomic E-state index is -0.813. The molecule has 19 heavy (non-hydrogen) atoms. The van der Waals surface area contributed by atoms with Crippen molar-refractivity contribution in [2.45, 2.75) is 20.3 Å². The summed E-state index contributed by atoms with van der Waals surface area (Å²) in [5, 5.41) is 5.49. The molecule has 0 saturated heterocycles. The van der Waals surface area contributed by atoms with Crippen molar-refractivity contribution >= 4 is 17.3 Å². The van der Waals surface area contributed by atoms with Crippen molar-refractivity contribution in [3.05, 3.63) is 23.8 Å². The lowest BCUT2D eigenvalue weighted by atomic mass is 10.2. The molecule has 1 aromatic carbocycles. The maximum absolute atomic E-state index is 13.2. The predicted molar refractivity (Wildman–Crippen MR) is 71.7 cm³/mol. The summed E-state index contributed by atoms with van der Waals surface area (Å²) in [6.45, 7) is 4.86. The molecule has 0 atom stereocenters. The fraction of sp³-hybridized carbons (Fsp3) is 0.462. The van der Waals surface area contributed by atoms with Gasteiger partial charge in [-0.15, -0.1) is 0 Å². The number of anilines is 2. The van der Waals surface area contributed by atoms with Gasteiger partial charge in [0.05, 0.1) is 11.4 Å². The maximum atomic E-state index is 13.2. The molecule has 106 valence electrons. The minimum absolute atomic E-state index is 0.114. The number of amides is 1. The summed E-state index contributed by atoms with van der Waals surface area (Å²) >= 11 is 0. The van der Waals surface area contributed by atoms with Crippen LogP contribution in [0.4, 0.5) is 20.2 Å². The lowest BCUT2D eigenvalue weighted by Gasteiger charge is -2.11. The first-order valence-corrected chi connectivity index (χ1v) is 6.15. The van der Waals surface area contributed by atoms with Gasteiger partial charge in [-0.25, -0.2) is 8.78 Å². The van der Waals surface area contributed by atoms with Gasteiger partial charge in [0, 0.05) is 25.6 Å². The number of benzene rings is 1. The first-order valence-electron chi connectivity index (χ1n) is 6.15. The van der Waals surface area contributed by atoms with Gasteiger partial charge in [-0.1, -0.05) is 13.8 Å². The first kappa shape index (κ1) is 15.2. The second-order valence-electron chi connectivity index (χ2n) is 4.72. The van der Waals surface area contributed by atoms with E-state index in [1.54, 1.807) is 0 Å². The van der Waals surface area contributed by atoms with Gasteiger partial charge in [0.25, 0.3) is 0 Å². The second kappa shape index (κ2) is 6.92. The molecule has 0 bridgehead atoms. The van der Waals surface area contributed by atoms with Gasteiger partial charge in [0.1, 0.15) is 5.82 Å². The zero-order chi connectivity index (χ0) is 14.4. The quantitative estimate of drug-likeness (QED) is 0.694. The number of nitrogen functional groups attached to an aromatic ring is 1. The van der Waals surface area contributed by atoms with Gasteiger partial charge in [-0.3, -0.25) is 4.79 Å². The molecule has 1 rings (SSSR count). The zero-order valence-electron chi connectivity index (χ0n) is 11.1. The maximum Gasteiger partial charge on any atom is 0.221 e. The number of rotatable bonds is 6. The lowest BCUT2D eigenvalue weighted by molar-refractivity contribution is -0.120. The molecule has 0 aromatic heterocycles. The van der Waals surface area contributed by atoms with Gasteiger partial charge < -0.3 is 16.4 Å². The molecular formula is C13H19F2N3O. The Morgan fingerprint density at radius 3 is 2.68 bits per heavy atom. The average Bonchev–Trinajstić information content (AvgIpc) is 2.32. The fourth-order valence-electron chi connectivity index (χ4n) is 1.45. The van der Waals surface area contributed by atoms with E-state index in [9.17, 15) is 13.6 Å². The minimum Gasteiger partial charge on any atom is -0.395 e. The van der Waals surface area contributed by atoms with E-state index < -0.39 is 11.6 Å². The Labute approximate surface area is 111 Å². The smallest absolute Gasteiger partial charge is 0.221 e. The molecule has 0 aliphatic carbocycles. The average molecular weight is 271 g/mol. The highest BCUT2D eigenvalue weighted by Crippen LogP contribution is 2.23. The summed E-state index contributed by atoms with van der Waals surface area (Å²) in [4.78, 5) is 11.4. The van der Waals surface area contributed by atoms with E-state index in [0.29, 0.717) is 12.5 Å². The summed E-state index contributed by atoms with van der Waals surface area (Å²) < 4.78 is 26.1. The van der Waals surface area contributed by atoms with Gasteiger partial charge in [-0.2, -0.15) is 0 Å². The Morgan fingerprint density at radius 1 is 1.37 bits per heavy atom. The Hall–Kier alpha value is -1.85. The molecule has 1 amide bonds. The monoisotopic (exact) mass is 271 g/mol. The summed E-state index contributed by atoms with van der Waals surface area (Å²) in [5.74, 6) is -1.26. The molecule has 0 fully saturated rings. The Bertz CT molecular complexity index is 450. The fourth-order valence-corrected chi connectivity index (χ4v) is 1.45. The number of hydrogen-bond donors (Lipinski definition) is 3. The van der Waals surface area contributed by atoms with Crippen LogP contribution >= 0.6 is 0 Å². The second-order valence-corrected chi connectivity index (χ2v) is 4.72. The van der Waals surface area contributed by atoms with Crippen molar-refractivity contribution < 1.29 is 13.6 Å². The van der Waals surface area contributed by atoms with Crippen LogP contribution in [0.2, 0.25) is 0 Å². The summed E-state index contributed by atoms with van der Waals surface area (Å²) in [6, 6.07) is 1.82. The van der Waals surface area contributed by atoms with Crippen molar-refractivity contribution in [3.63, 3.8) is 0 Å². The van der Waals surface area contributed by atoms with Crippen LogP contribution in [0.5, 0.6) is 0 Å². The first-order chi connectivity index (χ1) is 8.90. The highest BCUT2D eigenvalue weighted by molar-refractivity contribution is 5.76. The van der Waals surface area contributed by atoms with E-state index in [1.807, 2.05) is 13.8 Å². The van der Waals surface area contributed by atoms with Crippen molar-refractivity contribution in [2.24, 2.45) is 5.92 Å². The third kappa shape index (κ3) is 5.11. The van der Waals surface area contributed by atoms with E-state index in [4.69, 9.17) is 5.73 Å². The van der Waals surface area contributed by atoms with Gasteiger partial charge in [0.2, 0.25) is 5.91 Å². The largest absolute Gasteiger partial charge is 0.395 e. The normalized spacial score (nSPS) is 10.6. The van der Waals surface area contributed by atoms with Crippen molar-refractivity contribution in [1.29, 1.82) is 0 Å². The molecule has 4 N–H and O–H groups in total. The molecule has 0 unspecified atom stereocenters. The molecule has 0 aliphatic rings. The Morgan fingerprint density at radius 2 is 2.05 bits per heavy atom. The molecule has 0 aliphatic heterocycles. The van der Waals surface area contributed by atoms with Crippen molar-refractivity contribution in [3.8, 4) is 0 Å². The number of hydrogen-bond acceptors (Lipinski definition) is 3. The number of nitrogens with one attached hydrogen (secondary N) is 2. The highest BCUT2D eigenvalue weighted by Gasteiger charge is 2.08. The molecule has 0 radical (unpaired) electrons. The number of carbonyl (C=O) groups is 1. The zero-order valence-corrected chi connectivity index (χ0v) is 11.1. The molecule has 0 saturated carbocycles. The van der Waals surface area contributed by atoms with Crippen LogP contribution < -0.4 is 16.4 Å². The third-order valence-electron chi connectivity index (χ3n) is 2.47.